The molecule has 0 aromatic heterocycles. The van der Waals surface area contributed by atoms with E-state index >= 15 is 0 Å². The van der Waals surface area contributed by atoms with Crippen molar-refractivity contribution in [3.63, 3.8) is 0 Å². The Hall–Kier alpha value is -0.200. The van der Waals surface area contributed by atoms with Crippen LogP contribution >= 0.6 is 34.2 Å². The van der Waals surface area contributed by atoms with E-state index in [1.165, 1.54) is 0 Å². The van der Waals surface area contributed by atoms with Crippen molar-refractivity contribution in [3.8, 4) is 0 Å². The lowest BCUT2D eigenvalue weighted by Crippen LogP contribution is -2.20. The molecule has 1 atom stereocenters. The topological polar surface area (TPSA) is 33.1 Å². The Morgan fingerprint density at radius 3 is 2.83 bits per heavy atom. The zero-order valence-corrected chi connectivity index (χ0v) is 13.3. The van der Waals surface area contributed by atoms with E-state index in [1.54, 1.807) is 6.07 Å². The van der Waals surface area contributed by atoms with Crippen molar-refractivity contribution in [2.45, 2.75) is 32.8 Å². The zero-order chi connectivity index (χ0) is 13.7. The Balaban J connectivity index is 2.64. The van der Waals surface area contributed by atoms with E-state index in [2.05, 4.69) is 0 Å². The van der Waals surface area contributed by atoms with E-state index in [4.69, 9.17) is 21.7 Å². The van der Waals surface area contributed by atoms with Crippen LogP contribution in [0.5, 0.6) is 0 Å². The summed E-state index contributed by atoms with van der Waals surface area (Å²) >= 11 is 7.85. The van der Waals surface area contributed by atoms with Crippen LogP contribution in [0.15, 0.2) is 12.1 Å². The summed E-state index contributed by atoms with van der Waals surface area (Å²) in [5.74, 6) is -0.376. The van der Waals surface area contributed by atoms with Crippen LogP contribution in [0.3, 0.4) is 0 Å². The maximum atomic E-state index is 13.6. The number of hydrogen-bond acceptors (Lipinski definition) is 2. The van der Waals surface area contributed by atoms with E-state index in [0.717, 1.165) is 5.56 Å². The summed E-state index contributed by atoms with van der Waals surface area (Å²) in [5, 5.41) is 8.02. The molecule has 2 nitrogen and oxygen atoms in total. The van der Waals surface area contributed by atoms with Gasteiger partial charge in [0.1, 0.15) is 0 Å². The van der Waals surface area contributed by atoms with Crippen LogP contribution in [-0.4, -0.2) is 18.4 Å². The van der Waals surface area contributed by atoms with E-state index in [9.17, 15) is 4.39 Å². The minimum atomic E-state index is -0.376. The molecule has 0 fully saturated rings. The fraction of sp³-hybridized carbons (Fsp3) is 0.462. The number of rotatable bonds is 6. The fourth-order valence-corrected chi connectivity index (χ4v) is 2.45. The molecular formula is C13H16ClFINO. The number of ether oxygens (including phenoxy) is 1. The molecule has 0 aliphatic carbocycles. The molecule has 1 aromatic rings. The summed E-state index contributed by atoms with van der Waals surface area (Å²) in [7, 11) is 0. The van der Waals surface area contributed by atoms with Gasteiger partial charge in [0.05, 0.1) is 14.7 Å². The van der Waals surface area contributed by atoms with Crippen molar-refractivity contribution in [2.24, 2.45) is 0 Å². The van der Waals surface area contributed by atoms with Gasteiger partial charge in [0.15, 0.2) is 5.82 Å². The highest BCUT2D eigenvalue weighted by Gasteiger charge is 2.13. The first-order valence-electron chi connectivity index (χ1n) is 5.78. The molecule has 18 heavy (non-hydrogen) atoms. The molecular weight excluding hydrogens is 368 g/mol. The highest BCUT2D eigenvalue weighted by atomic mass is 127. The monoisotopic (exact) mass is 383 g/mol. The van der Waals surface area contributed by atoms with Gasteiger partial charge in [-0.25, -0.2) is 4.39 Å². The first-order chi connectivity index (χ1) is 8.47. The number of hydrogen-bond donors (Lipinski definition) is 1. The second-order valence-electron chi connectivity index (χ2n) is 3.96. The third kappa shape index (κ3) is 4.17. The molecule has 0 saturated carbocycles. The predicted octanol–water partition coefficient (Wildman–Crippen LogP) is 4.46. The Bertz CT molecular complexity index is 439. The lowest BCUT2D eigenvalue weighted by molar-refractivity contribution is 0.120. The zero-order valence-electron chi connectivity index (χ0n) is 10.4. The van der Waals surface area contributed by atoms with Gasteiger partial charge in [0.25, 0.3) is 0 Å². The molecule has 1 N–H and O–H groups in total. The van der Waals surface area contributed by atoms with Crippen LogP contribution in [0.25, 0.3) is 0 Å². The number of benzene rings is 1. The van der Waals surface area contributed by atoms with Gasteiger partial charge in [-0.3, -0.25) is 0 Å². The van der Waals surface area contributed by atoms with Gasteiger partial charge in [0.2, 0.25) is 0 Å². The van der Waals surface area contributed by atoms with Crippen molar-refractivity contribution in [3.05, 3.63) is 32.1 Å². The number of nitrogens with one attached hydrogen (secondary N) is 1. The summed E-state index contributed by atoms with van der Waals surface area (Å²) < 4.78 is 19.4. The van der Waals surface area contributed by atoms with Gasteiger partial charge >= 0.3 is 0 Å². The summed E-state index contributed by atoms with van der Waals surface area (Å²) in [4.78, 5) is 0. The molecule has 0 aliphatic rings. The molecule has 0 radical (unpaired) electrons. The number of aryl methyl sites for hydroxylation is 1. The Labute approximate surface area is 126 Å². The quantitative estimate of drug-likeness (QED) is 0.439. The first-order valence-corrected chi connectivity index (χ1v) is 7.24. The highest BCUT2D eigenvalue weighted by Crippen LogP contribution is 2.25. The average Bonchev–Trinajstić information content (AvgIpc) is 2.35. The number of halogens is 3. The Morgan fingerprint density at radius 2 is 2.22 bits per heavy atom. The predicted molar refractivity (Wildman–Crippen MR) is 81.3 cm³/mol. The normalized spacial score (nSPS) is 12.5. The van der Waals surface area contributed by atoms with Gasteiger partial charge in [-0.05, 0) is 60.9 Å². The van der Waals surface area contributed by atoms with Crippen molar-refractivity contribution < 1.29 is 9.13 Å². The maximum Gasteiger partial charge on any atom is 0.155 e. The molecule has 0 aliphatic heterocycles. The van der Waals surface area contributed by atoms with Crippen LogP contribution in [0.2, 0.25) is 5.02 Å². The second-order valence-corrected chi connectivity index (χ2v) is 5.50. The molecule has 0 amide bonds. The molecule has 1 unspecified atom stereocenters. The highest BCUT2D eigenvalue weighted by molar-refractivity contribution is 14.1. The van der Waals surface area contributed by atoms with E-state index in [1.807, 2.05) is 42.5 Å². The van der Waals surface area contributed by atoms with Crippen molar-refractivity contribution in [2.75, 3.05) is 6.61 Å². The smallest absolute Gasteiger partial charge is 0.155 e. The standard InChI is InChI=1S/C13H16ClFINO/c1-3-18-8(2)11(17)7-5-9-4-6-10(16)13(15)12(9)14/h4,6,8,17H,3,5,7H2,1-2H3. The molecule has 0 saturated heterocycles. The molecule has 5 heteroatoms. The van der Waals surface area contributed by atoms with Crippen LogP contribution in [0.4, 0.5) is 4.39 Å². The van der Waals surface area contributed by atoms with Crippen molar-refractivity contribution >= 4 is 39.9 Å². The average molecular weight is 384 g/mol. The van der Waals surface area contributed by atoms with Crippen molar-refractivity contribution in [1.82, 2.24) is 0 Å². The largest absolute Gasteiger partial charge is 0.373 e. The fourth-order valence-electron chi connectivity index (χ4n) is 1.58. The Kier molecular flexibility index (Phi) is 6.52. The van der Waals surface area contributed by atoms with Crippen LogP contribution in [-0.2, 0) is 11.2 Å². The first kappa shape index (κ1) is 15.9. The van der Waals surface area contributed by atoms with E-state index < -0.39 is 0 Å². The lowest BCUT2D eigenvalue weighted by Gasteiger charge is -2.13. The summed E-state index contributed by atoms with van der Waals surface area (Å²) in [5.41, 5.74) is 1.25. The van der Waals surface area contributed by atoms with Crippen LogP contribution in [0.1, 0.15) is 25.8 Å². The summed E-state index contributed by atoms with van der Waals surface area (Å²) in [6.07, 6.45) is 0.895. The van der Waals surface area contributed by atoms with Gasteiger partial charge in [-0.1, -0.05) is 17.7 Å². The molecule has 1 rings (SSSR count). The van der Waals surface area contributed by atoms with Gasteiger partial charge in [-0.15, -0.1) is 0 Å². The van der Waals surface area contributed by atoms with Gasteiger partial charge in [0, 0.05) is 12.3 Å². The molecule has 0 heterocycles. The van der Waals surface area contributed by atoms with E-state index in [0.29, 0.717) is 28.7 Å². The summed E-state index contributed by atoms with van der Waals surface area (Å²) in [6, 6.07) is 3.51. The lowest BCUT2D eigenvalue weighted by atomic mass is 10.0. The minimum Gasteiger partial charge on any atom is -0.373 e. The van der Waals surface area contributed by atoms with Gasteiger partial charge in [-0.2, -0.15) is 0 Å². The minimum absolute atomic E-state index is 0.166. The van der Waals surface area contributed by atoms with E-state index in [-0.39, 0.29) is 16.9 Å². The summed E-state index contributed by atoms with van der Waals surface area (Å²) in [6.45, 7) is 4.33. The van der Waals surface area contributed by atoms with Crippen LogP contribution < -0.4 is 0 Å². The maximum absolute atomic E-state index is 13.6. The molecule has 0 bridgehead atoms. The SMILES string of the molecule is CCOC(C)C(=N)CCc1ccc(I)c(F)c1Cl. The Morgan fingerprint density at radius 1 is 1.56 bits per heavy atom. The second kappa shape index (κ2) is 7.40. The molecule has 100 valence electrons. The third-order valence-corrected chi connectivity index (χ3v) is 3.93. The van der Waals surface area contributed by atoms with Crippen molar-refractivity contribution in [1.29, 1.82) is 5.41 Å². The van der Waals surface area contributed by atoms with Gasteiger partial charge < -0.3 is 10.1 Å². The van der Waals surface area contributed by atoms with Crippen LogP contribution in [0, 0.1) is 14.8 Å². The molecule has 1 aromatic carbocycles. The molecule has 0 spiro atoms. The third-order valence-electron chi connectivity index (χ3n) is 2.69.